The molecule has 0 radical (unpaired) electrons. The predicted molar refractivity (Wildman–Crippen MR) is 110 cm³/mol. The molecule has 0 amide bonds. The Balaban J connectivity index is 1.41. The van der Waals surface area contributed by atoms with E-state index in [2.05, 4.69) is 23.5 Å². The molecule has 6 heteroatoms. The van der Waals surface area contributed by atoms with Crippen molar-refractivity contribution in [1.82, 2.24) is 0 Å². The standard InChI is InChI=1S/C20H36O4S2/c1-19(2)23-13-9-17(24-19)16-20(25-14-7-15-26-20)10-4-6-12-22-18-8-3-5-11-21-18/h17-18H,3-16H2,1-2H3. The van der Waals surface area contributed by atoms with E-state index in [0.717, 1.165) is 45.5 Å². The van der Waals surface area contributed by atoms with Gasteiger partial charge in [0.25, 0.3) is 0 Å². The molecule has 0 aromatic heterocycles. The molecule has 4 nitrogen and oxygen atoms in total. The van der Waals surface area contributed by atoms with Gasteiger partial charge in [-0.15, -0.1) is 23.5 Å². The zero-order valence-corrected chi connectivity index (χ0v) is 18.1. The van der Waals surface area contributed by atoms with Crippen molar-refractivity contribution in [3.63, 3.8) is 0 Å². The number of thioether (sulfide) groups is 2. The molecule has 26 heavy (non-hydrogen) atoms. The highest BCUT2D eigenvalue weighted by Gasteiger charge is 2.39. The molecule has 3 heterocycles. The van der Waals surface area contributed by atoms with Gasteiger partial charge in [-0.1, -0.05) is 0 Å². The maximum absolute atomic E-state index is 6.22. The van der Waals surface area contributed by atoms with E-state index in [0.29, 0.717) is 10.2 Å². The highest BCUT2D eigenvalue weighted by Crippen LogP contribution is 2.50. The van der Waals surface area contributed by atoms with Crippen molar-refractivity contribution in [2.75, 3.05) is 31.3 Å². The summed E-state index contributed by atoms with van der Waals surface area (Å²) in [6, 6.07) is 0. The molecule has 3 fully saturated rings. The van der Waals surface area contributed by atoms with Crippen molar-refractivity contribution < 1.29 is 18.9 Å². The minimum atomic E-state index is -0.429. The first-order chi connectivity index (χ1) is 12.6. The smallest absolute Gasteiger partial charge is 0.163 e. The third kappa shape index (κ3) is 6.85. The molecule has 3 rings (SSSR count). The molecule has 3 aliphatic heterocycles. The Morgan fingerprint density at radius 3 is 2.58 bits per heavy atom. The van der Waals surface area contributed by atoms with E-state index < -0.39 is 5.79 Å². The van der Waals surface area contributed by atoms with Crippen molar-refractivity contribution in [2.45, 2.75) is 93.9 Å². The van der Waals surface area contributed by atoms with Gasteiger partial charge in [0.05, 0.1) is 16.8 Å². The van der Waals surface area contributed by atoms with Gasteiger partial charge in [-0.05, 0) is 83.1 Å². The molecular weight excluding hydrogens is 368 g/mol. The van der Waals surface area contributed by atoms with Crippen LogP contribution in [0, 0.1) is 0 Å². The second kappa shape index (κ2) is 10.4. The molecule has 0 spiro atoms. The molecule has 0 aromatic carbocycles. The van der Waals surface area contributed by atoms with Crippen LogP contribution in [0.2, 0.25) is 0 Å². The summed E-state index contributed by atoms with van der Waals surface area (Å²) in [6.45, 7) is 6.59. The van der Waals surface area contributed by atoms with Gasteiger partial charge in [-0.2, -0.15) is 0 Å². The van der Waals surface area contributed by atoms with Crippen LogP contribution in [0.1, 0.15) is 71.6 Å². The average Bonchev–Trinajstić information content (AvgIpc) is 2.62. The Morgan fingerprint density at radius 2 is 1.85 bits per heavy atom. The van der Waals surface area contributed by atoms with Crippen LogP contribution in [0.15, 0.2) is 0 Å². The molecular formula is C20H36O4S2. The third-order valence-corrected chi connectivity index (χ3v) is 8.78. The van der Waals surface area contributed by atoms with Crippen LogP contribution in [0.3, 0.4) is 0 Å². The largest absolute Gasteiger partial charge is 0.353 e. The highest BCUT2D eigenvalue weighted by molar-refractivity contribution is 8.18. The number of hydrogen-bond acceptors (Lipinski definition) is 6. The van der Waals surface area contributed by atoms with E-state index in [9.17, 15) is 0 Å². The fourth-order valence-corrected chi connectivity index (χ4v) is 7.48. The van der Waals surface area contributed by atoms with E-state index >= 15 is 0 Å². The Kier molecular flexibility index (Phi) is 8.46. The molecule has 0 aromatic rings. The minimum absolute atomic E-state index is 0.0500. The normalized spacial score (nSPS) is 31.6. The maximum Gasteiger partial charge on any atom is 0.163 e. The van der Waals surface area contributed by atoms with Crippen molar-refractivity contribution in [3.05, 3.63) is 0 Å². The molecule has 0 aliphatic carbocycles. The molecule has 2 unspecified atom stereocenters. The summed E-state index contributed by atoms with van der Waals surface area (Å²) in [5.74, 6) is 2.14. The maximum atomic E-state index is 6.22. The second-order valence-corrected chi connectivity index (χ2v) is 11.3. The van der Waals surface area contributed by atoms with Gasteiger partial charge in [0.2, 0.25) is 0 Å². The lowest BCUT2D eigenvalue weighted by atomic mass is 10.0. The van der Waals surface area contributed by atoms with Gasteiger partial charge in [0.15, 0.2) is 12.1 Å². The van der Waals surface area contributed by atoms with Gasteiger partial charge in [0.1, 0.15) is 0 Å². The van der Waals surface area contributed by atoms with E-state index in [4.69, 9.17) is 18.9 Å². The molecule has 0 N–H and O–H groups in total. The minimum Gasteiger partial charge on any atom is -0.353 e. The SMILES string of the molecule is CC1(C)OCCC(CC2(CCCCOC3CCCCO3)SCCCS2)O1. The van der Waals surface area contributed by atoms with Crippen LogP contribution >= 0.6 is 23.5 Å². The summed E-state index contributed by atoms with van der Waals surface area (Å²) in [5, 5.41) is 0. The van der Waals surface area contributed by atoms with Crippen LogP contribution in [0.25, 0.3) is 0 Å². The summed E-state index contributed by atoms with van der Waals surface area (Å²) in [4.78, 5) is 0. The number of hydrogen-bond donors (Lipinski definition) is 0. The van der Waals surface area contributed by atoms with Crippen LogP contribution in [-0.2, 0) is 18.9 Å². The summed E-state index contributed by atoms with van der Waals surface area (Å²) in [6.07, 6.45) is 10.9. The van der Waals surface area contributed by atoms with E-state index in [1.807, 2.05) is 13.8 Å². The Labute approximate surface area is 167 Å². The lowest BCUT2D eigenvalue weighted by Crippen LogP contribution is -2.43. The molecule has 2 atom stereocenters. The first-order valence-electron chi connectivity index (χ1n) is 10.4. The lowest BCUT2D eigenvalue weighted by molar-refractivity contribution is -0.274. The third-order valence-electron chi connectivity index (χ3n) is 5.29. The number of rotatable bonds is 8. The van der Waals surface area contributed by atoms with Crippen LogP contribution < -0.4 is 0 Å². The molecule has 3 saturated heterocycles. The first kappa shape index (κ1) is 21.3. The molecule has 3 aliphatic rings. The lowest BCUT2D eigenvalue weighted by Gasteiger charge is -2.43. The fraction of sp³-hybridized carbons (Fsp3) is 1.00. The van der Waals surface area contributed by atoms with Crippen LogP contribution in [0.5, 0.6) is 0 Å². The molecule has 0 saturated carbocycles. The quantitative estimate of drug-likeness (QED) is 0.518. The highest BCUT2D eigenvalue weighted by atomic mass is 32.2. The fourth-order valence-electron chi connectivity index (χ4n) is 3.96. The van der Waals surface area contributed by atoms with Gasteiger partial charge in [-0.25, -0.2) is 0 Å². The van der Waals surface area contributed by atoms with E-state index in [1.54, 1.807) is 0 Å². The summed E-state index contributed by atoms with van der Waals surface area (Å²) in [5.41, 5.74) is 0. The van der Waals surface area contributed by atoms with Gasteiger partial charge in [0, 0.05) is 13.2 Å². The van der Waals surface area contributed by atoms with Gasteiger partial charge < -0.3 is 18.9 Å². The summed E-state index contributed by atoms with van der Waals surface area (Å²) < 4.78 is 23.8. The van der Waals surface area contributed by atoms with Crippen LogP contribution in [0.4, 0.5) is 0 Å². The topological polar surface area (TPSA) is 36.9 Å². The van der Waals surface area contributed by atoms with Crippen LogP contribution in [-0.4, -0.2) is 53.6 Å². The molecule has 152 valence electrons. The molecule has 0 bridgehead atoms. The summed E-state index contributed by atoms with van der Waals surface area (Å²) >= 11 is 4.33. The zero-order chi connectivity index (χ0) is 18.3. The monoisotopic (exact) mass is 404 g/mol. The Morgan fingerprint density at radius 1 is 1.00 bits per heavy atom. The van der Waals surface area contributed by atoms with E-state index in [-0.39, 0.29) is 6.29 Å². The second-order valence-electron chi connectivity index (χ2n) is 8.07. The van der Waals surface area contributed by atoms with Crippen molar-refractivity contribution in [1.29, 1.82) is 0 Å². The first-order valence-corrected chi connectivity index (χ1v) is 12.4. The predicted octanol–water partition coefficient (Wildman–Crippen LogP) is 5.20. The van der Waals surface area contributed by atoms with E-state index in [1.165, 1.54) is 43.6 Å². The number of ether oxygens (including phenoxy) is 4. The number of unbranched alkanes of at least 4 members (excludes halogenated alkanes) is 1. The van der Waals surface area contributed by atoms with Gasteiger partial charge in [-0.3, -0.25) is 0 Å². The van der Waals surface area contributed by atoms with Gasteiger partial charge >= 0.3 is 0 Å². The van der Waals surface area contributed by atoms with Crippen molar-refractivity contribution >= 4 is 23.5 Å². The Bertz CT molecular complexity index is 407. The Hall–Kier alpha value is 0.540. The zero-order valence-electron chi connectivity index (χ0n) is 16.5. The van der Waals surface area contributed by atoms with Crippen molar-refractivity contribution in [3.8, 4) is 0 Å². The van der Waals surface area contributed by atoms with Crippen molar-refractivity contribution in [2.24, 2.45) is 0 Å². The summed E-state index contributed by atoms with van der Waals surface area (Å²) in [7, 11) is 0. The average molecular weight is 405 g/mol.